The van der Waals surface area contributed by atoms with Crippen LogP contribution in [0, 0.1) is 0 Å². The minimum Gasteiger partial charge on any atom is -0.354 e. The predicted molar refractivity (Wildman–Crippen MR) is 67.9 cm³/mol. The lowest BCUT2D eigenvalue weighted by Gasteiger charge is -2.07. The summed E-state index contributed by atoms with van der Waals surface area (Å²) in [6.45, 7) is 4.16. The average molecular weight is 242 g/mol. The van der Waals surface area contributed by atoms with Gasteiger partial charge in [0.15, 0.2) is 5.16 Å². The Balaban J connectivity index is 2.74. The summed E-state index contributed by atoms with van der Waals surface area (Å²) in [5.41, 5.74) is 5.41. The van der Waals surface area contributed by atoms with E-state index in [1.54, 1.807) is 0 Å². The fraction of sp³-hybridized carbons (Fsp3) is 0.667. The Morgan fingerprint density at radius 3 is 2.25 bits per heavy atom. The van der Waals surface area contributed by atoms with Crippen LogP contribution in [0.2, 0.25) is 0 Å². The molecule has 90 valence electrons. The van der Waals surface area contributed by atoms with Crippen molar-refractivity contribution in [1.82, 2.24) is 15.0 Å². The highest BCUT2D eigenvalue weighted by molar-refractivity contribution is 7.98. The van der Waals surface area contributed by atoms with Crippen molar-refractivity contribution in [3.8, 4) is 0 Å². The van der Waals surface area contributed by atoms with Crippen molar-refractivity contribution in [1.29, 1.82) is 0 Å². The third-order valence-corrected chi connectivity index (χ3v) is 2.31. The summed E-state index contributed by atoms with van der Waals surface area (Å²) in [4.78, 5) is 12.7. The molecule has 0 radical (unpaired) electrons. The monoisotopic (exact) mass is 242 g/mol. The maximum Gasteiger partial charge on any atom is 0.228 e. The van der Waals surface area contributed by atoms with E-state index in [-0.39, 0.29) is 0 Å². The second-order valence-corrected chi connectivity index (χ2v) is 3.88. The highest BCUT2D eigenvalue weighted by Crippen LogP contribution is 2.13. The molecule has 0 fully saturated rings. The van der Waals surface area contributed by atoms with Crippen molar-refractivity contribution >= 4 is 23.7 Å². The van der Waals surface area contributed by atoms with Gasteiger partial charge in [0.25, 0.3) is 0 Å². The standard InChI is InChI=1S/C9H18N6S/c1-3-5-11-7-13-8(12-6-4-10)15-9(14-7)16-2/h3-6,10H2,1-2H3,(H2,11,12,13,14,15). The van der Waals surface area contributed by atoms with Gasteiger partial charge in [0.1, 0.15) is 0 Å². The molecular weight excluding hydrogens is 224 g/mol. The van der Waals surface area contributed by atoms with E-state index in [1.807, 2.05) is 6.26 Å². The van der Waals surface area contributed by atoms with E-state index in [1.165, 1.54) is 11.8 Å². The van der Waals surface area contributed by atoms with Gasteiger partial charge in [-0.1, -0.05) is 18.7 Å². The third-order valence-electron chi connectivity index (χ3n) is 1.76. The van der Waals surface area contributed by atoms with Crippen LogP contribution < -0.4 is 16.4 Å². The topological polar surface area (TPSA) is 88.8 Å². The summed E-state index contributed by atoms with van der Waals surface area (Å²) < 4.78 is 0. The SMILES string of the molecule is CCCNc1nc(NCCN)nc(SC)n1. The molecule has 0 aromatic carbocycles. The van der Waals surface area contributed by atoms with Crippen LogP contribution in [-0.2, 0) is 0 Å². The van der Waals surface area contributed by atoms with E-state index in [2.05, 4.69) is 32.5 Å². The molecule has 6 nitrogen and oxygen atoms in total. The van der Waals surface area contributed by atoms with E-state index in [9.17, 15) is 0 Å². The van der Waals surface area contributed by atoms with E-state index in [0.717, 1.165) is 13.0 Å². The highest BCUT2D eigenvalue weighted by Gasteiger charge is 2.04. The van der Waals surface area contributed by atoms with E-state index >= 15 is 0 Å². The van der Waals surface area contributed by atoms with Gasteiger partial charge in [0, 0.05) is 19.6 Å². The molecule has 1 rings (SSSR count). The van der Waals surface area contributed by atoms with Crippen LogP contribution >= 0.6 is 11.8 Å². The molecule has 1 heterocycles. The first-order valence-corrected chi connectivity index (χ1v) is 6.50. The summed E-state index contributed by atoms with van der Waals surface area (Å²) in [6.07, 6.45) is 2.97. The zero-order chi connectivity index (χ0) is 11.8. The highest BCUT2D eigenvalue weighted by atomic mass is 32.2. The molecule has 0 atom stereocenters. The number of anilines is 2. The fourth-order valence-corrected chi connectivity index (χ4v) is 1.38. The molecule has 1 aromatic rings. The van der Waals surface area contributed by atoms with E-state index in [4.69, 9.17) is 5.73 Å². The lowest BCUT2D eigenvalue weighted by Crippen LogP contribution is -2.16. The predicted octanol–water partition coefficient (Wildman–Crippen LogP) is 0.786. The van der Waals surface area contributed by atoms with Crippen LogP contribution in [0.5, 0.6) is 0 Å². The van der Waals surface area contributed by atoms with Crippen LogP contribution in [0.15, 0.2) is 5.16 Å². The number of hydrogen-bond acceptors (Lipinski definition) is 7. The second kappa shape index (κ2) is 7.24. The van der Waals surface area contributed by atoms with Crippen molar-refractivity contribution in [2.75, 3.05) is 36.5 Å². The number of aromatic nitrogens is 3. The summed E-state index contributed by atoms with van der Waals surface area (Å²) in [5, 5.41) is 6.89. The van der Waals surface area contributed by atoms with Crippen molar-refractivity contribution in [3.63, 3.8) is 0 Å². The summed E-state index contributed by atoms with van der Waals surface area (Å²) >= 11 is 1.49. The zero-order valence-electron chi connectivity index (χ0n) is 9.66. The first kappa shape index (κ1) is 13.0. The van der Waals surface area contributed by atoms with Crippen LogP contribution in [0.4, 0.5) is 11.9 Å². The minimum atomic E-state index is 0.554. The largest absolute Gasteiger partial charge is 0.354 e. The van der Waals surface area contributed by atoms with Gasteiger partial charge in [-0.25, -0.2) is 0 Å². The summed E-state index contributed by atoms with van der Waals surface area (Å²) in [6, 6.07) is 0. The Morgan fingerprint density at radius 1 is 1.12 bits per heavy atom. The smallest absolute Gasteiger partial charge is 0.228 e. The molecule has 4 N–H and O–H groups in total. The van der Waals surface area contributed by atoms with Crippen molar-refractivity contribution in [3.05, 3.63) is 0 Å². The Kier molecular flexibility index (Phi) is 5.87. The van der Waals surface area contributed by atoms with Crippen LogP contribution in [-0.4, -0.2) is 40.8 Å². The van der Waals surface area contributed by atoms with Gasteiger partial charge in [0.05, 0.1) is 0 Å². The molecular formula is C9H18N6S. The van der Waals surface area contributed by atoms with E-state index < -0.39 is 0 Å². The van der Waals surface area contributed by atoms with Gasteiger partial charge >= 0.3 is 0 Å². The maximum absolute atomic E-state index is 5.41. The molecule has 0 amide bonds. The van der Waals surface area contributed by atoms with Crippen molar-refractivity contribution in [2.45, 2.75) is 18.5 Å². The molecule has 0 spiro atoms. The quantitative estimate of drug-likeness (QED) is 0.609. The van der Waals surface area contributed by atoms with Crippen molar-refractivity contribution < 1.29 is 0 Å². The fourth-order valence-electron chi connectivity index (χ4n) is 1.03. The molecule has 7 heteroatoms. The molecule has 0 bridgehead atoms. The lowest BCUT2D eigenvalue weighted by atomic mass is 10.5. The number of rotatable bonds is 7. The van der Waals surface area contributed by atoms with Gasteiger partial charge in [-0.15, -0.1) is 0 Å². The first-order valence-electron chi connectivity index (χ1n) is 5.28. The van der Waals surface area contributed by atoms with Gasteiger partial charge in [-0.2, -0.15) is 15.0 Å². The zero-order valence-corrected chi connectivity index (χ0v) is 10.5. The van der Waals surface area contributed by atoms with Crippen LogP contribution in [0.3, 0.4) is 0 Å². The molecule has 0 saturated heterocycles. The Bertz CT molecular complexity index is 293. The van der Waals surface area contributed by atoms with Crippen LogP contribution in [0.25, 0.3) is 0 Å². The van der Waals surface area contributed by atoms with E-state index in [0.29, 0.717) is 30.1 Å². The van der Waals surface area contributed by atoms with Crippen LogP contribution in [0.1, 0.15) is 13.3 Å². The molecule has 0 aliphatic heterocycles. The Morgan fingerprint density at radius 2 is 1.75 bits per heavy atom. The number of nitrogens with two attached hydrogens (primary N) is 1. The third kappa shape index (κ3) is 4.19. The molecule has 0 aliphatic rings. The van der Waals surface area contributed by atoms with Gasteiger partial charge in [0.2, 0.25) is 11.9 Å². The van der Waals surface area contributed by atoms with Gasteiger partial charge in [-0.05, 0) is 12.7 Å². The summed E-state index contributed by atoms with van der Waals surface area (Å²) in [5.74, 6) is 1.18. The number of thioether (sulfide) groups is 1. The van der Waals surface area contributed by atoms with Crippen molar-refractivity contribution in [2.24, 2.45) is 5.73 Å². The number of hydrogen-bond donors (Lipinski definition) is 3. The maximum atomic E-state index is 5.41. The lowest BCUT2D eigenvalue weighted by molar-refractivity contribution is 0.870. The molecule has 0 unspecified atom stereocenters. The molecule has 1 aromatic heterocycles. The van der Waals surface area contributed by atoms with Gasteiger partial charge in [-0.3, -0.25) is 0 Å². The number of nitrogens with zero attached hydrogens (tertiary/aromatic N) is 3. The normalized spacial score (nSPS) is 10.2. The molecule has 16 heavy (non-hydrogen) atoms. The molecule has 0 aliphatic carbocycles. The second-order valence-electron chi connectivity index (χ2n) is 3.11. The molecule has 0 saturated carbocycles. The minimum absolute atomic E-state index is 0.554. The Hall–Kier alpha value is -1.08. The average Bonchev–Trinajstić information content (AvgIpc) is 2.33. The number of nitrogens with one attached hydrogen (secondary N) is 2. The van der Waals surface area contributed by atoms with Gasteiger partial charge < -0.3 is 16.4 Å². The Labute approximate surface area is 99.8 Å². The first-order chi connectivity index (χ1) is 7.80. The summed E-state index contributed by atoms with van der Waals surface area (Å²) in [7, 11) is 0.